The highest BCUT2D eigenvalue weighted by molar-refractivity contribution is 6.74. The van der Waals surface area contributed by atoms with E-state index < -0.39 is 6.85 Å². The van der Waals surface area contributed by atoms with Crippen LogP contribution < -0.4 is 59.0 Å². The Hall–Kier alpha value is -13.8. The highest BCUT2D eigenvalue weighted by Crippen LogP contribution is 2.49. The number of rotatable bonds is 12. The molecule has 13 aromatic carbocycles. The van der Waals surface area contributed by atoms with Crippen LogP contribution in [0.15, 0.2) is 335 Å². The van der Waals surface area contributed by atoms with Gasteiger partial charge in [-0.1, -0.05) is 289 Å². The second-order valence-corrected chi connectivity index (χ2v) is 36.5. The lowest BCUT2D eigenvalue weighted by molar-refractivity contribution is -0.524. The Morgan fingerprint density at radius 2 is 0.550 bits per heavy atom. The third-order valence-corrected chi connectivity index (χ3v) is 27.2. The van der Waals surface area contributed by atoms with E-state index in [2.05, 4.69) is 471 Å². The molecule has 8 heterocycles. The molecule has 129 heavy (non-hydrogen) atoms. The molecule has 0 radical (unpaired) electrons. The van der Waals surface area contributed by atoms with E-state index in [1.54, 1.807) is 6.07 Å². The molecule has 0 N–H and O–H groups in total. The SMILES string of the molecule is Cc1cccc(C)c1B1N(C(C)C)c2cccc(C)c2-c2n(C)cc[n+]21.Cc1cccc2c1-c1n(C)cc[n+]1B(c1c(-c3ccccc3)cccc1-c1ccccc1)N2C.Cc1cccc2c1-c1n(C)cc[n+]1B(c1c(C(C)C)cccc1C(C)C)N2c1c(-c2ccccc2)cccc1-c1ccccc1.[2H]C([2H])([2H])c1cccc(C)c1B1N(C)c2cccc(C)c2-c2n(C)cc[n+]21. The number of aryl methyl sites for hydroxylation is 12. The fourth-order valence-electron chi connectivity index (χ4n) is 21.2. The topological polar surface area (TPSA) is 48.2 Å². The summed E-state index contributed by atoms with van der Waals surface area (Å²) in [6, 6.07) is 103. The zero-order valence-corrected chi connectivity index (χ0v) is 78.2. The number of nitrogens with zero attached hydrogens (tertiary/aromatic N) is 12. The van der Waals surface area contributed by atoms with Crippen molar-refractivity contribution in [2.24, 2.45) is 28.2 Å². The normalized spacial score (nSPS) is 13.2. The molecular formula is C113H118B4N12+4. The van der Waals surface area contributed by atoms with Crippen molar-refractivity contribution in [2.75, 3.05) is 33.3 Å². The highest BCUT2D eigenvalue weighted by Gasteiger charge is 2.52. The van der Waals surface area contributed by atoms with Crippen LogP contribution in [0.25, 0.3) is 90.1 Å². The molecule has 16 heteroatoms. The number of para-hydroxylation sites is 1. The monoisotopic (exact) mass is 1690 g/mol. The molecule has 0 aliphatic carbocycles. The van der Waals surface area contributed by atoms with E-state index >= 15 is 0 Å². The van der Waals surface area contributed by atoms with Crippen LogP contribution in [0.1, 0.15) is 113 Å². The summed E-state index contributed by atoms with van der Waals surface area (Å²) in [7, 11) is 12.8. The summed E-state index contributed by atoms with van der Waals surface area (Å²) in [6.45, 7) is 26.9. The van der Waals surface area contributed by atoms with E-state index in [4.69, 9.17) is 4.11 Å². The zero-order valence-electron chi connectivity index (χ0n) is 81.2. The molecule has 0 saturated heterocycles. The molecule has 0 bridgehead atoms. The minimum atomic E-state index is -2.16. The van der Waals surface area contributed by atoms with Gasteiger partial charge in [-0.15, -0.1) is 0 Å². The first-order chi connectivity index (χ1) is 63.6. The van der Waals surface area contributed by atoms with E-state index in [-0.39, 0.29) is 27.9 Å². The summed E-state index contributed by atoms with van der Waals surface area (Å²) >= 11 is 0. The fourth-order valence-corrected chi connectivity index (χ4v) is 21.2. The highest BCUT2D eigenvalue weighted by atomic mass is 15.3. The van der Waals surface area contributed by atoms with Crippen molar-refractivity contribution in [1.29, 1.82) is 0 Å². The Labute approximate surface area is 770 Å². The second kappa shape index (κ2) is 35.4. The number of benzene rings is 13. The van der Waals surface area contributed by atoms with Gasteiger partial charge in [-0.3, -0.25) is 17.9 Å². The molecule has 0 amide bonds. The van der Waals surface area contributed by atoms with Gasteiger partial charge in [0.1, 0.15) is 49.6 Å². The molecule has 4 aromatic heterocycles. The molecule has 12 nitrogen and oxygen atoms in total. The quantitative estimate of drug-likeness (QED) is 0.114. The van der Waals surface area contributed by atoms with Crippen LogP contribution in [0.4, 0.5) is 28.4 Å². The van der Waals surface area contributed by atoms with Crippen molar-refractivity contribution in [2.45, 2.75) is 115 Å². The maximum Gasteiger partial charge on any atom is 0.542 e. The van der Waals surface area contributed by atoms with Gasteiger partial charge >= 0.3 is 27.9 Å². The molecule has 0 fully saturated rings. The lowest BCUT2D eigenvalue weighted by atomic mass is 9.57. The summed E-state index contributed by atoms with van der Waals surface area (Å²) < 4.78 is 42.7. The van der Waals surface area contributed by atoms with Crippen molar-refractivity contribution in [3.05, 3.63) is 390 Å². The fraction of sp³-hybridized carbons (Fsp3) is 0.204. The van der Waals surface area contributed by atoms with E-state index in [0.29, 0.717) is 23.4 Å². The summed E-state index contributed by atoms with van der Waals surface area (Å²) in [4.78, 5) is 9.86. The van der Waals surface area contributed by atoms with Crippen molar-refractivity contribution in [3.8, 4) is 90.1 Å². The Balaban J connectivity index is 0.000000121. The maximum absolute atomic E-state index is 8.06. The Kier molecular flexibility index (Phi) is 22.6. The van der Waals surface area contributed by atoms with Gasteiger partial charge in [0, 0.05) is 71.6 Å². The maximum atomic E-state index is 8.06. The van der Waals surface area contributed by atoms with Crippen molar-refractivity contribution >= 4 is 78.2 Å². The van der Waals surface area contributed by atoms with Gasteiger partial charge in [-0.2, -0.15) is 0 Å². The molecule has 0 atom stereocenters. The number of anilines is 5. The van der Waals surface area contributed by atoms with Crippen LogP contribution in [-0.2, 0) is 28.2 Å². The molecule has 638 valence electrons. The summed E-state index contributed by atoms with van der Waals surface area (Å²) in [5, 5.41) is 0. The zero-order chi connectivity index (χ0) is 92.6. The number of hydrogen-bond donors (Lipinski definition) is 0. The van der Waals surface area contributed by atoms with Crippen LogP contribution >= 0.6 is 0 Å². The predicted molar refractivity (Wildman–Crippen MR) is 544 cm³/mol. The first-order valence-electron chi connectivity index (χ1n) is 47.1. The van der Waals surface area contributed by atoms with E-state index in [0.717, 1.165) is 22.5 Å². The first kappa shape index (κ1) is 82.2. The van der Waals surface area contributed by atoms with Crippen molar-refractivity contribution < 1.29 is 22.0 Å². The standard InChI is InChI=1S/C41H41BN3.C30H27BN3.C22H27BN3.C20H23BN3/c1-28(2)33-21-14-22-34(29(3)4)39(33)42-44-27-26-43(6)41(44)38-30(5)16-13-25-37(38)45(42)40-35(31-17-9-7-10-18-31)23-15-24-36(40)32-19-11-8-12-20-32;1-22-12-10-19-27-28(22)30-32(2)20-21-34(30)31(33(27)3)29-25(23-13-6-4-7-14-23)17-11-18-26(29)24-15-8-5-9-16-24;1-15(2)26-19-12-8-9-16(3)20(19)22-24(6)13-14-25(22)23(26)21-17(4)10-7-11-18(21)5;1-14-8-7-11-17-18(14)20-22(4)12-13-24(20)21(23(17)5)19-15(2)9-6-10-16(19)3/h7-29H,1-6H3;4-21H,1-3H3;7-15H,1-6H3;6-13H,1-5H3/q4*+1/i;;;2D3. The Bertz CT molecular complexity index is 7010. The van der Waals surface area contributed by atoms with Crippen molar-refractivity contribution in [3.63, 3.8) is 0 Å². The van der Waals surface area contributed by atoms with Gasteiger partial charge in [-0.05, 0) is 208 Å². The number of aromatic nitrogens is 8. The predicted octanol–water partition coefficient (Wildman–Crippen LogP) is 20.6. The molecule has 0 unspecified atom stereocenters. The minimum Gasteiger partial charge on any atom is -0.372 e. The number of fused-ring (bicyclic) bond motifs is 12. The smallest absolute Gasteiger partial charge is 0.372 e. The molecule has 17 aromatic rings. The lowest BCUT2D eigenvalue weighted by Crippen LogP contribution is -2.73. The number of imidazole rings is 4. The Morgan fingerprint density at radius 1 is 0.264 bits per heavy atom. The van der Waals surface area contributed by atoms with Gasteiger partial charge in [0.05, 0.1) is 50.4 Å². The van der Waals surface area contributed by atoms with E-state index in [1.807, 2.05) is 45.5 Å². The average Bonchev–Trinajstić information content (AvgIpc) is 1.35. The van der Waals surface area contributed by atoms with Crippen molar-refractivity contribution in [1.82, 2.24) is 18.3 Å². The third kappa shape index (κ3) is 15.1. The lowest BCUT2D eigenvalue weighted by Gasteiger charge is -2.38. The summed E-state index contributed by atoms with van der Waals surface area (Å²) in [6.07, 6.45) is 17.4. The number of hydrogen-bond acceptors (Lipinski definition) is 4. The van der Waals surface area contributed by atoms with Gasteiger partial charge in [0.15, 0.2) is 0 Å². The van der Waals surface area contributed by atoms with Gasteiger partial charge in [0.25, 0.3) is 23.3 Å². The Morgan fingerprint density at radius 3 is 0.930 bits per heavy atom. The first-order valence-corrected chi connectivity index (χ1v) is 45.6. The van der Waals surface area contributed by atoms with E-state index in [9.17, 15) is 0 Å². The van der Waals surface area contributed by atoms with Gasteiger partial charge < -0.3 is 19.2 Å². The second-order valence-electron chi connectivity index (χ2n) is 36.5. The molecule has 4 aliphatic heterocycles. The van der Waals surface area contributed by atoms with Gasteiger partial charge in [0.2, 0.25) is 0 Å². The molecule has 0 saturated carbocycles. The van der Waals surface area contributed by atoms with Gasteiger partial charge in [-0.25, -0.2) is 18.3 Å². The van der Waals surface area contributed by atoms with Crippen LogP contribution in [0, 0.1) is 55.3 Å². The summed E-state index contributed by atoms with van der Waals surface area (Å²) in [5.74, 6) is 5.57. The van der Waals surface area contributed by atoms with Crippen LogP contribution in [-0.4, -0.2) is 66.3 Å². The molecule has 21 rings (SSSR count). The molecule has 4 aliphatic rings. The molecule has 0 spiro atoms. The third-order valence-electron chi connectivity index (χ3n) is 27.2. The van der Waals surface area contributed by atoms with Crippen LogP contribution in [0.3, 0.4) is 0 Å². The molecular weight excluding hydrogens is 1570 g/mol. The average molecular weight is 1690 g/mol. The van der Waals surface area contributed by atoms with E-state index in [1.165, 1.54) is 168 Å². The van der Waals surface area contributed by atoms with Crippen LogP contribution in [0.2, 0.25) is 0 Å². The van der Waals surface area contributed by atoms with Crippen LogP contribution in [0.5, 0.6) is 0 Å². The largest absolute Gasteiger partial charge is 0.542 e. The summed E-state index contributed by atoms with van der Waals surface area (Å²) in [5.41, 5.74) is 38.1. The minimum absolute atomic E-state index is 0.0112.